The van der Waals surface area contributed by atoms with Crippen LogP contribution in [0.4, 0.5) is 0 Å². The highest BCUT2D eigenvalue weighted by Crippen LogP contribution is 2.21. The van der Waals surface area contributed by atoms with Crippen LogP contribution in [0.3, 0.4) is 0 Å². The minimum Gasteiger partial charge on any atom is -0.469 e. The van der Waals surface area contributed by atoms with Crippen LogP contribution < -0.4 is 0 Å². The Bertz CT molecular complexity index is 532. The van der Waals surface area contributed by atoms with Gasteiger partial charge in [-0.25, -0.2) is 0 Å². The normalized spacial score (nSPS) is 19.3. The molecule has 0 saturated carbocycles. The van der Waals surface area contributed by atoms with Gasteiger partial charge < -0.3 is 14.7 Å². The van der Waals surface area contributed by atoms with Gasteiger partial charge >= 0.3 is 5.97 Å². The molecule has 1 rings (SSSR count). The zero-order chi connectivity index (χ0) is 19.4. The number of nitrogens with zero attached hydrogens (tertiary/aromatic N) is 1. The standard InChI is InChI=1S/C21H33NO4/c1-4-5-10-17(2)19(23)14-12-18-13-15-20(24)22(18)16-9-7-6-8-11-21(25)26-3/h12,14,17-19,23H,6-11,13,15-16H2,1-3H3/t17-,18+,19+/m1/s1. The molecule has 1 fully saturated rings. The van der Waals surface area contributed by atoms with E-state index in [1.165, 1.54) is 7.11 Å². The van der Waals surface area contributed by atoms with E-state index in [1.54, 1.807) is 6.92 Å². The van der Waals surface area contributed by atoms with E-state index in [4.69, 9.17) is 0 Å². The van der Waals surface area contributed by atoms with Crippen molar-refractivity contribution in [2.75, 3.05) is 13.7 Å². The number of aliphatic hydroxyl groups excluding tert-OH is 1. The number of rotatable bonds is 11. The Kier molecular flexibility index (Phi) is 10.7. The lowest BCUT2D eigenvalue weighted by Gasteiger charge is -2.23. The zero-order valence-electron chi connectivity index (χ0n) is 16.4. The minimum atomic E-state index is -0.535. The topological polar surface area (TPSA) is 66.8 Å². The second-order valence-corrected chi connectivity index (χ2v) is 6.92. The third-order valence-corrected chi connectivity index (χ3v) is 4.85. The zero-order valence-corrected chi connectivity index (χ0v) is 16.4. The van der Waals surface area contributed by atoms with Crippen molar-refractivity contribution in [3.63, 3.8) is 0 Å². The second-order valence-electron chi connectivity index (χ2n) is 6.92. The van der Waals surface area contributed by atoms with Crippen molar-refractivity contribution in [1.29, 1.82) is 0 Å². The van der Waals surface area contributed by atoms with E-state index in [9.17, 15) is 14.7 Å². The van der Waals surface area contributed by atoms with Gasteiger partial charge in [-0.05, 0) is 32.1 Å². The van der Waals surface area contributed by atoms with Gasteiger partial charge in [0.25, 0.3) is 0 Å². The van der Waals surface area contributed by atoms with Crippen molar-refractivity contribution in [2.24, 2.45) is 5.92 Å². The number of ether oxygens (including phenoxy) is 1. The predicted octanol–water partition coefficient (Wildman–Crippen LogP) is 3.07. The van der Waals surface area contributed by atoms with E-state index in [1.807, 2.05) is 24.0 Å². The molecule has 3 atom stereocenters. The number of carbonyl (C=O) groups is 2. The lowest BCUT2D eigenvalue weighted by molar-refractivity contribution is -0.140. The Hall–Kier alpha value is -1.80. The van der Waals surface area contributed by atoms with Gasteiger partial charge in [0.1, 0.15) is 0 Å². The van der Waals surface area contributed by atoms with E-state index >= 15 is 0 Å². The van der Waals surface area contributed by atoms with Gasteiger partial charge in [-0.2, -0.15) is 0 Å². The van der Waals surface area contributed by atoms with Gasteiger partial charge in [0.05, 0.1) is 19.3 Å². The van der Waals surface area contributed by atoms with Crippen LogP contribution in [0.5, 0.6) is 0 Å². The maximum Gasteiger partial charge on any atom is 0.305 e. The Balaban J connectivity index is 2.36. The van der Waals surface area contributed by atoms with Crippen molar-refractivity contribution in [3.8, 4) is 11.8 Å². The van der Waals surface area contributed by atoms with Crippen LogP contribution in [0.15, 0.2) is 12.2 Å². The summed E-state index contributed by atoms with van der Waals surface area (Å²) in [5, 5.41) is 10.2. The molecule has 1 aliphatic heterocycles. The Labute approximate surface area is 157 Å². The fraction of sp³-hybridized carbons (Fsp3) is 0.714. The van der Waals surface area contributed by atoms with Crippen molar-refractivity contribution in [3.05, 3.63) is 12.2 Å². The molecule has 1 amide bonds. The molecule has 0 aromatic carbocycles. The number of unbranched alkanes of at least 4 members (excludes halogenated alkanes) is 3. The van der Waals surface area contributed by atoms with Gasteiger partial charge in [-0.15, -0.1) is 11.8 Å². The first-order chi connectivity index (χ1) is 12.5. The van der Waals surface area contributed by atoms with Crippen molar-refractivity contribution < 1.29 is 19.4 Å². The summed E-state index contributed by atoms with van der Waals surface area (Å²) < 4.78 is 4.62. The summed E-state index contributed by atoms with van der Waals surface area (Å²) in [7, 11) is 1.41. The molecule has 26 heavy (non-hydrogen) atoms. The molecule has 0 unspecified atom stereocenters. The third-order valence-electron chi connectivity index (χ3n) is 4.85. The molecular formula is C21H33NO4. The Morgan fingerprint density at radius 1 is 1.38 bits per heavy atom. The Morgan fingerprint density at radius 3 is 2.81 bits per heavy atom. The van der Waals surface area contributed by atoms with Gasteiger partial charge in [0, 0.05) is 25.8 Å². The molecule has 1 N–H and O–H groups in total. The number of carbonyl (C=O) groups excluding carboxylic acids is 2. The molecule has 0 aliphatic carbocycles. The molecule has 1 saturated heterocycles. The fourth-order valence-electron chi connectivity index (χ4n) is 3.07. The average Bonchev–Trinajstić information content (AvgIpc) is 2.99. The second kappa shape index (κ2) is 12.5. The molecule has 0 aromatic rings. The SMILES string of the molecule is CC#CC[C@@H](C)[C@@H](O)C=C[C@H]1CCC(=O)N1CCCCCCC(=O)OC. The Morgan fingerprint density at radius 2 is 2.12 bits per heavy atom. The van der Waals surface area contributed by atoms with Crippen LogP contribution in [-0.2, 0) is 14.3 Å². The summed E-state index contributed by atoms with van der Waals surface area (Å²) in [5.74, 6) is 5.94. The number of aliphatic hydroxyl groups is 1. The van der Waals surface area contributed by atoms with Gasteiger partial charge in [-0.1, -0.05) is 31.9 Å². The van der Waals surface area contributed by atoms with Crippen LogP contribution in [0.2, 0.25) is 0 Å². The molecule has 0 spiro atoms. The lowest BCUT2D eigenvalue weighted by Crippen LogP contribution is -2.33. The number of esters is 1. The van der Waals surface area contributed by atoms with Crippen molar-refractivity contribution in [1.82, 2.24) is 4.90 Å². The van der Waals surface area contributed by atoms with E-state index in [-0.39, 0.29) is 23.8 Å². The van der Waals surface area contributed by atoms with E-state index in [0.717, 1.165) is 38.6 Å². The minimum absolute atomic E-state index is 0.0803. The summed E-state index contributed by atoms with van der Waals surface area (Å²) in [5.41, 5.74) is 0. The highest BCUT2D eigenvalue weighted by Gasteiger charge is 2.28. The van der Waals surface area contributed by atoms with Crippen molar-refractivity contribution in [2.45, 2.75) is 77.4 Å². The first-order valence-electron chi connectivity index (χ1n) is 9.61. The quantitative estimate of drug-likeness (QED) is 0.265. The van der Waals surface area contributed by atoms with Crippen molar-refractivity contribution >= 4 is 11.9 Å². The molecule has 1 aliphatic rings. The highest BCUT2D eigenvalue weighted by atomic mass is 16.5. The molecule has 0 aromatic heterocycles. The monoisotopic (exact) mass is 363 g/mol. The first-order valence-corrected chi connectivity index (χ1v) is 9.61. The number of likely N-dealkylation sites (tertiary alicyclic amines) is 1. The number of amides is 1. The maximum absolute atomic E-state index is 12.1. The van der Waals surface area contributed by atoms with E-state index in [0.29, 0.717) is 19.3 Å². The highest BCUT2D eigenvalue weighted by molar-refractivity contribution is 5.79. The summed E-state index contributed by atoms with van der Waals surface area (Å²) in [6.07, 6.45) is 9.49. The molecule has 1 heterocycles. The lowest BCUT2D eigenvalue weighted by atomic mass is 10.00. The van der Waals surface area contributed by atoms with Crippen LogP contribution in [0, 0.1) is 17.8 Å². The fourth-order valence-corrected chi connectivity index (χ4v) is 3.07. The molecular weight excluding hydrogens is 330 g/mol. The summed E-state index contributed by atoms with van der Waals surface area (Å²) >= 11 is 0. The average molecular weight is 363 g/mol. The van der Waals surface area contributed by atoms with Crippen LogP contribution in [-0.4, -0.2) is 47.7 Å². The predicted molar refractivity (Wildman–Crippen MR) is 102 cm³/mol. The molecule has 5 nitrogen and oxygen atoms in total. The molecule has 0 bridgehead atoms. The maximum atomic E-state index is 12.1. The molecule has 146 valence electrons. The third kappa shape index (κ3) is 8.05. The smallest absolute Gasteiger partial charge is 0.305 e. The number of hydrogen-bond acceptors (Lipinski definition) is 4. The van der Waals surface area contributed by atoms with Crippen LogP contribution >= 0.6 is 0 Å². The van der Waals surface area contributed by atoms with E-state index in [2.05, 4.69) is 16.6 Å². The van der Waals surface area contributed by atoms with Crippen LogP contribution in [0.25, 0.3) is 0 Å². The first kappa shape index (κ1) is 22.2. The number of hydrogen-bond donors (Lipinski definition) is 1. The largest absolute Gasteiger partial charge is 0.469 e. The van der Waals surface area contributed by atoms with Gasteiger partial charge in [-0.3, -0.25) is 9.59 Å². The van der Waals surface area contributed by atoms with Crippen LogP contribution in [0.1, 0.15) is 65.2 Å². The summed E-state index contributed by atoms with van der Waals surface area (Å²) in [6, 6.07) is 0.0803. The van der Waals surface area contributed by atoms with Gasteiger partial charge in [0.2, 0.25) is 5.91 Å². The van der Waals surface area contributed by atoms with Gasteiger partial charge in [0.15, 0.2) is 0 Å². The summed E-state index contributed by atoms with van der Waals surface area (Å²) in [4.78, 5) is 25.1. The summed E-state index contributed by atoms with van der Waals surface area (Å²) in [6.45, 7) is 4.51. The van der Waals surface area contributed by atoms with E-state index < -0.39 is 6.10 Å². The molecule has 5 heteroatoms. The number of methoxy groups -OCH3 is 1. The molecule has 0 radical (unpaired) electrons.